The first-order valence-corrected chi connectivity index (χ1v) is 4.87. The zero-order valence-electron chi connectivity index (χ0n) is 6.64. The third-order valence-electron chi connectivity index (χ3n) is 2.00. The molecule has 2 rings (SSSR count). The van der Waals surface area contributed by atoms with Crippen molar-refractivity contribution in [2.24, 2.45) is 0 Å². The number of rotatable bonds is 1. The standard InChI is InChI=1S/C8H6NO3P/c10-8-7-4-2-1-3-6(7)5-9(8)13(11)12/h1-4H,5H2. The van der Waals surface area contributed by atoms with Crippen molar-refractivity contribution in [3.63, 3.8) is 0 Å². The van der Waals surface area contributed by atoms with Gasteiger partial charge in [0.05, 0.1) is 6.54 Å². The molecule has 0 bridgehead atoms. The van der Waals surface area contributed by atoms with Gasteiger partial charge in [-0.15, -0.1) is 0 Å². The fourth-order valence-electron chi connectivity index (χ4n) is 1.37. The highest BCUT2D eigenvalue weighted by Crippen LogP contribution is 2.29. The van der Waals surface area contributed by atoms with Gasteiger partial charge in [-0.25, -0.2) is 13.8 Å². The molecule has 1 heterocycles. The summed E-state index contributed by atoms with van der Waals surface area (Å²) >= 11 is 0. The number of hydrogen-bond donors (Lipinski definition) is 0. The molecule has 0 fully saturated rings. The van der Waals surface area contributed by atoms with Crippen molar-refractivity contribution in [3.8, 4) is 0 Å². The highest BCUT2D eigenvalue weighted by Gasteiger charge is 2.29. The van der Waals surface area contributed by atoms with Crippen LogP contribution in [0.25, 0.3) is 0 Å². The van der Waals surface area contributed by atoms with Crippen LogP contribution < -0.4 is 0 Å². The van der Waals surface area contributed by atoms with Crippen LogP contribution in [-0.2, 0) is 15.7 Å². The van der Waals surface area contributed by atoms with Crippen molar-refractivity contribution in [3.05, 3.63) is 35.4 Å². The number of nitrogens with zero attached hydrogens (tertiary/aromatic N) is 1. The summed E-state index contributed by atoms with van der Waals surface area (Å²) in [5.41, 5.74) is 1.26. The van der Waals surface area contributed by atoms with Crippen LogP contribution in [0, 0.1) is 0 Å². The molecule has 0 N–H and O–H groups in total. The van der Waals surface area contributed by atoms with Crippen LogP contribution in [0.4, 0.5) is 0 Å². The molecule has 0 aliphatic carbocycles. The summed E-state index contributed by atoms with van der Waals surface area (Å²) in [6, 6.07) is 6.90. The fourth-order valence-corrected chi connectivity index (χ4v) is 1.89. The van der Waals surface area contributed by atoms with Crippen molar-refractivity contribution in [2.45, 2.75) is 6.54 Å². The van der Waals surface area contributed by atoms with Crippen LogP contribution in [-0.4, -0.2) is 10.6 Å². The van der Waals surface area contributed by atoms with Gasteiger partial charge >= 0.3 is 7.83 Å². The van der Waals surface area contributed by atoms with E-state index >= 15 is 0 Å². The van der Waals surface area contributed by atoms with Gasteiger partial charge in [-0.1, -0.05) is 18.2 Å². The molecule has 1 aromatic rings. The van der Waals surface area contributed by atoms with Gasteiger partial charge in [0, 0.05) is 5.56 Å². The number of amides is 1. The molecule has 1 aliphatic heterocycles. The highest BCUT2D eigenvalue weighted by molar-refractivity contribution is 7.29. The lowest BCUT2D eigenvalue weighted by molar-refractivity contribution is 0.0877. The predicted octanol–water partition coefficient (Wildman–Crippen LogP) is 1.73. The predicted molar refractivity (Wildman–Crippen MR) is 44.6 cm³/mol. The van der Waals surface area contributed by atoms with Crippen molar-refractivity contribution in [2.75, 3.05) is 0 Å². The van der Waals surface area contributed by atoms with E-state index in [-0.39, 0.29) is 6.54 Å². The van der Waals surface area contributed by atoms with Crippen LogP contribution in [0.3, 0.4) is 0 Å². The first-order valence-electron chi connectivity index (χ1n) is 3.74. The fraction of sp³-hybridized carbons (Fsp3) is 0.125. The summed E-state index contributed by atoms with van der Waals surface area (Å²) in [6.07, 6.45) is 0. The van der Waals surface area contributed by atoms with E-state index in [1.54, 1.807) is 24.3 Å². The van der Waals surface area contributed by atoms with Crippen molar-refractivity contribution >= 4 is 13.7 Å². The highest BCUT2D eigenvalue weighted by atomic mass is 31.1. The maximum Gasteiger partial charge on any atom is 0.429 e. The Labute approximate surface area is 75.0 Å². The average Bonchev–Trinajstić information content (AvgIpc) is 2.45. The molecule has 1 amide bonds. The molecule has 0 saturated carbocycles. The Morgan fingerprint density at radius 3 is 2.54 bits per heavy atom. The van der Waals surface area contributed by atoms with Crippen LogP contribution in [0.2, 0.25) is 0 Å². The Morgan fingerprint density at radius 2 is 1.92 bits per heavy atom. The quantitative estimate of drug-likeness (QED) is 0.641. The third-order valence-corrected chi connectivity index (χ3v) is 2.72. The largest absolute Gasteiger partial charge is 0.429 e. The molecule has 13 heavy (non-hydrogen) atoms. The number of carbonyl (C=O) groups excluding carboxylic acids is 1. The molecule has 5 heteroatoms. The molecular formula is C8H6NO3P. The lowest BCUT2D eigenvalue weighted by Gasteiger charge is -2.00. The molecule has 66 valence electrons. The van der Waals surface area contributed by atoms with E-state index in [1.807, 2.05) is 0 Å². The number of hydrogen-bond acceptors (Lipinski definition) is 3. The van der Waals surface area contributed by atoms with E-state index in [9.17, 15) is 13.9 Å². The van der Waals surface area contributed by atoms with E-state index in [4.69, 9.17) is 0 Å². The number of benzene rings is 1. The summed E-state index contributed by atoms with van der Waals surface area (Å²) in [5.74, 6) is -0.424. The van der Waals surface area contributed by atoms with Gasteiger partial charge in [0.15, 0.2) is 0 Å². The molecule has 0 atom stereocenters. The van der Waals surface area contributed by atoms with Gasteiger partial charge in [0.25, 0.3) is 5.91 Å². The van der Waals surface area contributed by atoms with Gasteiger partial charge < -0.3 is 0 Å². The second kappa shape index (κ2) is 2.82. The molecular weight excluding hydrogens is 189 g/mol. The zero-order chi connectivity index (χ0) is 9.42. The van der Waals surface area contributed by atoms with E-state index in [1.165, 1.54) is 0 Å². The third kappa shape index (κ3) is 1.19. The Balaban J connectivity index is 2.49. The van der Waals surface area contributed by atoms with Gasteiger partial charge in [0.2, 0.25) is 0 Å². The first kappa shape index (κ1) is 8.20. The second-order valence-corrected chi connectivity index (χ2v) is 3.72. The second-order valence-electron chi connectivity index (χ2n) is 2.76. The molecule has 0 unspecified atom stereocenters. The minimum atomic E-state index is -2.80. The molecule has 1 aromatic carbocycles. The molecule has 0 spiro atoms. The van der Waals surface area contributed by atoms with Crippen molar-refractivity contribution in [1.29, 1.82) is 0 Å². The van der Waals surface area contributed by atoms with Gasteiger partial charge in [0.1, 0.15) is 0 Å². The van der Waals surface area contributed by atoms with Crippen LogP contribution in [0.15, 0.2) is 24.3 Å². The topological polar surface area (TPSA) is 54.5 Å². The number of carbonyl (C=O) groups is 1. The van der Waals surface area contributed by atoms with E-state index in [0.717, 1.165) is 10.2 Å². The smallest absolute Gasteiger partial charge is 0.268 e. The molecule has 0 aromatic heterocycles. The zero-order valence-corrected chi connectivity index (χ0v) is 7.53. The van der Waals surface area contributed by atoms with Crippen LogP contribution in [0.5, 0.6) is 0 Å². The van der Waals surface area contributed by atoms with E-state index in [0.29, 0.717) is 5.56 Å². The van der Waals surface area contributed by atoms with Gasteiger partial charge in [-0.2, -0.15) is 0 Å². The molecule has 4 nitrogen and oxygen atoms in total. The van der Waals surface area contributed by atoms with E-state index in [2.05, 4.69) is 0 Å². The lowest BCUT2D eigenvalue weighted by atomic mass is 10.1. The van der Waals surface area contributed by atoms with E-state index < -0.39 is 13.7 Å². The minimum Gasteiger partial charge on any atom is -0.268 e. The summed E-state index contributed by atoms with van der Waals surface area (Å²) in [5, 5.41) is 0. The Kier molecular flexibility index (Phi) is 1.78. The minimum absolute atomic E-state index is 0.174. The van der Waals surface area contributed by atoms with Crippen molar-refractivity contribution < 1.29 is 13.9 Å². The van der Waals surface area contributed by atoms with Crippen molar-refractivity contribution in [1.82, 2.24) is 4.67 Å². The van der Waals surface area contributed by atoms with Crippen LogP contribution >= 0.6 is 7.83 Å². The molecule has 0 radical (unpaired) electrons. The summed E-state index contributed by atoms with van der Waals surface area (Å²) < 4.78 is 22.1. The van der Waals surface area contributed by atoms with Gasteiger partial charge in [-0.05, 0) is 11.6 Å². The Bertz CT molecular complexity index is 431. The SMILES string of the molecule is O=C1c2ccccc2CN1P(=O)=O. The summed E-state index contributed by atoms with van der Waals surface area (Å²) in [6.45, 7) is 0.174. The maximum absolute atomic E-state index is 11.4. The monoisotopic (exact) mass is 195 g/mol. The Hall–Kier alpha value is -1.41. The molecule has 1 aliphatic rings. The normalized spacial score (nSPS) is 14.5. The molecule has 0 saturated heterocycles. The van der Waals surface area contributed by atoms with Gasteiger partial charge in [-0.3, -0.25) is 4.79 Å². The maximum atomic E-state index is 11.4. The van der Waals surface area contributed by atoms with Crippen LogP contribution in [0.1, 0.15) is 15.9 Å². The summed E-state index contributed by atoms with van der Waals surface area (Å²) in [7, 11) is -2.80. The lowest BCUT2D eigenvalue weighted by Crippen LogP contribution is -2.12. The summed E-state index contributed by atoms with van der Waals surface area (Å²) in [4.78, 5) is 11.4. The first-order chi connectivity index (χ1) is 6.20. The number of fused-ring (bicyclic) bond motifs is 1. The Morgan fingerprint density at radius 1 is 1.23 bits per heavy atom. The average molecular weight is 195 g/mol.